The Hall–Kier alpha value is -0.870. The van der Waals surface area contributed by atoms with E-state index in [9.17, 15) is 0 Å². The van der Waals surface area contributed by atoms with Gasteiger partial charge in [0.15, 0.2) is 0 Å². The summed E-state index contributed by atoms with van der Waals surface area (Å²) in [4.78, 5) is 4.38. The fourth-order valence-corrected chi connectivity index (χ4v) is 1.75. The molecule has 1 rings (SSSR count). The summed E-state index contributed by atoms with van der Waals surface area (Å²) in [5.41, 5.74) is 0. The van der Waals surface area contributed by atoms with E-state index >= 15 is 0 Å². The van der Waals surface area contributed by atoms with Crippen molar-refractivity contribution in [2.24, 2.45) is 0 Å². The fraction of sp³-hybridized carbons (Fsp3) is 0.750. The van der Waals surface area contributed by atoms with Gasteiger partial charge in [0.1, 0.15) is 5.82 Å². The summed E-state index contributed by atoms with van der Waals surface area (Å²) in [6.45, 7) is 7.01. The van der Waals surface area contributed by atoms with Crippen molar-refractivity contribution < 1.29 is 4.74 Å². The van der Waals surface area contributed by atoms with Crippen LogP contribution in [0.2, 0.25) is 0 Å². The maximum atomic E-state index is 4.99. The number of methoxy groups -OCH3 is 1. The van der Waals surface area contributed by atoms with Gasteiger partial charge in [-0.2, -0.15) is 0 Å². The van der Waals surface area contributed by atoms with Crippen molar-refractivity contribution in [2.45, 2.75) is 32.7 Å². The Labute approximate surface area is 98.0 Å². The minimum absolute atomic E-state index is 0.445. The molecule has 0 amide bonds. The lowest BCUT2D eigenvalue weighted by Gasteiger charge is -2.16. The molecule has 0 aliphatic rings. The first-order valence-electron chi connectivity index (χ1n) is 6.01. The largest absolute Gasteiger partial charge is 0.383 e. The zero-order valence-electron chi connectivity index (χ0n) is 10.6. The first-order chi connectivity index (χ1) is 7.79. The Morgan fingerprint density at radius 3 is 3.06 bits per heavy atom. The summed E-state index contributed by atoms with van der Waals surface area (Å²) >= 11 is 0. The Balaban J connectivity index is 2.39. The third kappa shape index (κ3) is 3.94. The summed E-state index contributed by atoms with van der Waals surface area (Å²) in [6, 6.07) is 0.445. The van der Waals surface area contributed by atoms with Crippen LogP contribution in [0.3, 0.4) is 0 Å². The smallest absolute Gasteiger partial charge is 0.108 e. The van der Waals surface area contributed by atoms with E-state index in [1.54, 1.807) is 7.11 Å². The monoisotopic (exact) mass is 225 g/mol. The molecule has 4 heteroatoms. The number of imidazole rings is 1. The number of aryl methyl sites for hydroxylation is 1. The molecule has 1 atom stereocenters. The highest BCUT2D eigenvalue weighted by atomic mass is 16.5. The maximum absolute atomic E-state index is 4.99. The molecule has 0 saturated carbocycles. The van der Waals surface area contributed by atoms with Crippen molar-refractivity contribution in [3.63, 3.8) is 0 Å². The van der Waals surface area contributed by atoms with E-state index in [0.29, 0.717) is 6.04 Å². The number of rotatable bonds is 8. The zero-order chi connectivity index (χ0) is 11.8. The molecule has 0 bridgehead atoms. The molecule has 0 aromatic carbocycles. The SMILES string of the molecule is CCCc1nccn1C(C)CNCCOC. The lowest BCUT2D eigenvalue weighted by atomic mass is 10.2. The number of hydrogen-bond donors (Lipinski definition) is 1. The average Bonchev–Trinajstić information content (AvgIpc) is 2.73. The molecule has 1 aromatic rings. The van der Waals surface area contributed by atoms with Gasteiger partial charge in [-0.05, 0) is 13.3 Å². The van der Waals surface area contributed by atoms with Crippen LogP contribution in [0.4, 0.5) is 0 Å². The molecular formula is C12H23N3O. The van der Waals surface area contributed by atoms with Gasteiger partial charge in [0.05, 0.1) is 6.61 Å². The molecule has 16 heavy (non-hydrogen) atoms. The van der Waals surface area contributed by atoms with E-state index in [4.69, 9.17) is 4.74 Å². The molecule has 0 aliphatic carbocycles. The number of nitrogens with one attached hydrogen (secondary N) is 1. The van der Waals surface area contributed by atoms with Crippen LogP contribution in [0.25, 0.3) is 0 Å². The van der Waals surface area contributed by atoms with Crippen LogP contribution in [0.1, 0.15) is 32.1 Å². The summed E-state index contributed by atoms with van der Waals surface area (Å²) in [7, 11) is 1.72. The quantitative estimate of drug-likeness (QED) is 0.684. The summed E-state index contributed by atoms with van der Waals surface area (Å²) in [6.07, 6.45) is 6.14. The molecule has 4 nitrogen and oxygen atoms in total. The minimum atomic E-state index is 0.445. The van der Waals surface area contributed by atoms with Crippen LogP contribution in [0.5, 0.6) is 0 Å². The molecule has 0 saturated heterocycles. The van der Waals surface area contributed by atoms with E-state index in [2.05, 4.69) is 34.9 Å². The molecule has 0 aliphatic heterocycles. The van der Waals surface area contributed by atoms with E-state index in [-0.39, 0.29) is 0 Å². The first-order valence-corrected chi connectivity index (χ1v) is 6.01. The second-order valence-corrected chi connectivity index (χ2v) is 4.05. The molecule has 0 radical (unpaired) electrons. The second kappa shape index (κ2) is 7.41. The van der Waals surface area contributed by atoms with E-state index in [1.165, 1.54) is 5.82 Å². The van der Waals surface area contributed by atoms with Gasteiger partial charge in [-0.3, -0.25) is 0 Å². The molecular weight excluding hydrogens is 202 g/mol. The van der Waals surface area contributed by atoms with Gasteiger partial charge in [0.2, 0.25) is 0 Å². The lowest BCUT2D eigenvalue weighted by Crippen LogP contribution is -2.27. The van der Waals surface area contributed by atoms with Crippen LogP contribution in [-0.2, 0) is 11.2 Å². The normalized spacial score (nSPS) is 12.9. The number of hydrogen-bond acceptors (Lipinski definition) is 3. The topological polar surface area (TPSA) is 39.1 Å². The number of ether oxygens (including phenoxy) is 1. The van der Waals surface area contributed by atoms with Gasteiger partial charge < -0.3 is 14.6 Å². The molecule has 0 fully saturated rings. The van der Waals surface area contributed by atoms with Gasteiger partial charge >= 0.3 is 0 Å². The lowest BCUT2D eigenvalue weighted by molar-refractivity contribution is 0.198. The zero-order valence-corrected chi connectivity index (χ0v) is 10.6. The van der Waals surface area contributed by atoms with E-state index < -0.39 is 0 Å². The van der Waals surface area contributed by atoms with Gasteiger partial charge in [-0.25, -0.2) is 4.98 Å². The van der Waals surface area contributed by atoms with Crippen LogP contribution in [0, 0.1) is 0 Å². The van der Waals surface area contributed by atoms with Gasteiger partial charge in [0, 0.05) is 45.1 Å². The van der Waals surface area contributed by atoms with Gasteiger partial charge in [-0.1, -0.05) is 6.92 Å². The third-order valence-electron chi connectivity index (χ3n) is 2.62. The highest BCUT2D eigenvalue weighted by Crippen LogP contribution is 2.09. The Morgan fingerprint density at radius 1 is 1.56 bits per heavy atom. The van der Waals surface area contributed by atoms with Crippen LogP contribution in [-0.4, -0.2) is 36.4 Å². The summed E-state index contributed by atoms with van der Waals surface area (Å²) in [5.74, 6) is 1.18. The Bertz CT molecular complexity index is 286. The maximum Gasteiger partial charge on any atom is 0.108 e. The molecule has 1 N–H and O–H groups in total. The van der Waals surface area contributed by atoms with Crippen molar-refractivity contribution >= 4 is 0 Å². The van der Waals surface area contributed by atoms with Crippen LogP contribution < -0.4 is 5.32 Å². The second-order valence-electron chi connectivity index (χ2n) is 4.05. The molecule has 1 heterocycles. The van der Waals surface area contributed by atoms with Gasteiger partial charge in [0.25, 0.3) is 0 Å². The number of aromatic nitrogens is 2. The van der Waals surface area contributed by atoms with Gasteiger partial charge in [-0.15, -0.1) is 0 Å². The predicted octanol–water partition coefficient (Wildman–Crippen LogP) is 1.63. The first kappa shape index (κ1) is 13.2. The predicted molar refractivity (Wildman–Crippen MR) is 65.7 cm³/mol. The number of nitrogens with zero attached hydrogens (tertiary/aromatic N) is 2. The summed E-state index contributed by atoms with van der Waals surface area (Å²) in [5, 5.41) is 3.37. The summed E-state index contributed by atoms with van der Waals surface area (Å²) < 4.78 is 7.25. The van der Waals surface area contributed by atoms with Crippen molar-refractivity contribution in [2.75, 3.05) is 26.8 Å². The molecule has 1 unspecified atom stereocenters. The Morgan fingerprint density at radius 2 is 2.38 bits per heavy atom. The van der Waals surface area contributed by atoms with Crippen molar-refractivity contribution in [3.05, 3.63) is 18.2 Å². The highest BCUT2D eigenvalue weighted by Gasteiger charge is 2.08. The highest BCUT2D eigenvalue weighted by molar-refractivity contribution is 4.95. The standard InChI is InChI=1S/C12H23N3O/c1-4-5-12-14-6-8-15(12)11(2)10-13-7-9-16-3/h6,8,11,13H,4-5,7,9-10H2,1-3H3. The van der Waals surface area contributed by atoms with E-state index in [0.717, 1.165) is 32.5 Å². The Kier molecular flexibility index (Phi) is 6.11. The average molecular weight is 225 g/mol. The minimum Gasteiger partial charge on any atom is -0.383 e. The van der Waals surface area contributed by atoms with Crippen LogP contribution in [0.15, 0.2) is 12.4 Å². The molecule has 92 valence electrons. The van der Waals surface area contributed by atoms with Crippen molar-refractivity contribution in [3.8, 4) is 0 Å². The molecule has 0 spiro atoms. The fourth-order valence-electron chi connectivity index (χ4n) is 1.75. The van der Waals surface area contributed by atoms with Crippen molar-refractivity contribution in [1.29, 1.82) is 0 Å². The van der Waals surface area contributed by atoms with Crippen molar-refractivity contribution in [1.82, 2.24) is 14.9 Å². The molecule has 1 aromatic heterocycles. The third-order valence-corrected chi connectivity index (χ3v) is 2.62. The van der Waals surface area contributed by atoms with Crippen LogP contribution >= 0.6 is 0 Å². The van der Waals surface area contributed by atoms with E-state index in [1.807, 2.05) is 6.20 Å².